The third kappa shape index (κ3) is 5.33. The van der Waals surface area contributed by atoms with E-state index < -0.39 is 0 Å². The predicted octanol–water partition coefficient (Wildman–Crippen LogP) is 5.86. The zero-order valence-corrected chi connectivity index (χ0v) is 19.9. The Bertz CT molecular complexity index is 833. The first kappa shape index (κ1) is 22.4. The van der Waals surface area contributed by atoms with Crippen molar-refractivity contribution in [1.82, 2.24) is 19.7 Å². The molecule has 4 rings (SSSR count). The van der Waals surface area contributed by atoms with Crippen LogP contribution in [0.3, 0.4) is 0 Å². The molecule has 1 amide bonds. The van der Waals surface area contributed by atoms with Crippen molar-refractivity contribution in [2.45, 2.75) is 102 Å². The summed E-state index contributed by atoms with van der Waals surface area (Å²) in [5, 5.41) is 9.75. The molecule has 1 aromatic carbocycles. The van der Waals surface area contributed by atoms with E-state index in [0.717, 1.165) is 23.1 Å². The molecule has 6 heteroatoms. The van der Waals surface area contributed by atoms with Crippen LogP contribution in [0.15, 0.2) is 29.4 Å². The maximum absolute atomic E-state index is 13.5. The Morgan fingerprint density at radius 1 is 0.968 bits per heavy atom. The second-order valence-corrected chi connectivity index (χ2v) is 10.0. The maximum Gasteiger partial charge on any atom is 0.233 e. The van der Waals surface area contributed by atoms with Crippen LogP contribution in [0.2, 0.25) is 0 Å². The molecule has 2 aliphatic rings. The normalized spacial score (nSPS) is 18.3. The Labute approximate surface area is 191 Å². The van der Waals surface area contributed by atoms with Crippen LogP contribution < -0.4 is 0 Å². The third-order valence-electron chi connectivity index (χ3n) is 6.89. The third-order valence-corrected chi connectivity index (χ3v) is 7.84. The highest BCUT2D eigenvalue weighted by Gasteiger charge is 2.32. The van der Waals surface area contributed by atoms with E-state index >= 15 is 0 Å². The summed E-state index contributed by atoms with van der Waals surface area (Å²) in [7, 11) is 0. The summed E-state index contributed by atoms with van der Waals surface area (Å²) in [4.78, 5) is 15.8. The van der Waals surface area contributed by atoms with E-state index in [0.29, 0.717) is 23.7 Å². The molecule has 2 saturated carbocycles. The minimum absolute atomic E-state index is 0.298. The second kappa shape index (κ2) is 10.7. The highest BCUT2D eigenvalue weighted by molar-refractivity contribution is 7.99. The number of carbonyl (C=O) groups excluding carboxylic acids is 1. The second-order valence-electron chi connectivity index (χ2n) is 9.09. The standard InChI is InChI=1S/C25H36N4OS/c1-3-28-24(20-16-14-19(2)15-17-20)26-27-25(28)31-18-23(30)29(21-10-6-4-7-11-21)22-12-8-5-9-13-22/h14-17,21-22H,3-13,18H2,1-2H3. The van der Waals surface area contributed by atoms with Crippen molar-refractivity contribution in [1.29, 1.82) is 0 Å². The van der Waals surface area contributed by atoms with Crippen LogP contribution >= 0.6 is 11.8 Å². The minimum atomic E-state index is 0.298. The van der Waals surface area contributed by atoms with Crippen molar-refractivity contribution in [3.05, 3.63) is 29.8 Å². The Morgan fingerprint density at radius 3 is 2.10 bits per heavy atom. The summed E-state index contributed by atoms with van der Waals surface area (Å²) >= 11 is 1.55. The summed E-state index contributed by atoms with van der Waals surface area (Å²) in [6.07, 6.45) is 12.4. The zero-order valence-electron chi connectivity index (χ0n) is 19.1. The number of amides is 1. The molecule has 5 nitrogen and oxygen atoms in total. The van der Waals surface area contributed by atoms with Gasteiger partial charge >= 0.3 is 0 Å². The number of aryl methyl sites for hydroxylation is 1. The van der Waals surface area contributed by atoms with Crippen LogP contribution in [-0.4, -0.2) is 43.4 Å². The quantitative estimate of drug-likeness (QED) is 0.506. The number of hydrogen-bond acceptors (Lipinski definition) is 4. The van der Waals surface area contributed by atoms with Crippen LogP contribution in [0.1, 0.15) is 76.7 Å². The first-order valence-electron chi connectivity index (χ1n) is 12.1. The van der Waals surface area contributed by atoms with Crippen molar-refractivity contribution in [2.24, 2.45) is 0 Å². The number of hydrogen-bond donors (Lipinski definition) is 0. The fourth-order valence-corrected chi connectivity index (χ4v) is 6.09. The summed E-state index contributed by atoms with van der Waals surface area (Å²) in [6, 6.07) is 9.28. The lowest BCUT2D eigenvalue weighted by atomic mass is 9.88. The van der Waals surface area contributed by atoms with Gasteiger partial charge in [0.2, 0.25) is 5.91 Å². The highest BCUT2D eigenvalue weighted by Crippen LogP contribution is 2.32. The number of carbonyl (C=O) groups is 1. The Kier molecular flexibility index (Phi) is 7.70. The van der Waals surface area contributed by atoms with Gasteiger partial charge in [0.15, 0.2) is 11.0 Å². The smallest absolute Gasteiger partial charge is 0.233 e. The van der Waals surface area contributed by atoms with E-state index in [1.54, 1.807) is 11.8 Å². The average molecular weight is 441 g/mol. The van der Waals surface area contributed by atoms with E-state index in [1.165, 1.54) is 69.8 Å². The number of benzene rings is 1. The van der Waals surface area contributed by atoms with Crippen molar-refractivity contribution in [2.75, 3.05) is 5.75 Å². The van der Waals surface area contributed by atoms with Crippen molar-refractivity contribution >= 4 is 17.7 Å². The van der Waals surface area contributed by atoms with E-state index in [2.05, 4.69) is 57.8 Å². The summed E-state index contributed by atoms with van der Waals surface area (Å²) in [5.41, 5.74) is 2.31. The molecule has 0 N–H and O–H groups in total. The van der Waals surface area contributed by atoms with Crippen molar-refractivity contribution in [3.8, 4) is 11.4 Å². The van der Waals surface area contributed by atoms with E-state index in [-0.39, 0.29) is 0 Å². The molecule has 2 fully saturated rings. The van der Waals surface area contributed by atoms with Crippen molar-refractivity contribution < 1.29 is 4.79 Å². The molecule has 168 valence electrons. The predicted molar refractivity (Wildman–Crippen MR) is 127 cm³/mol. The molecule has 0 saturated heterocycles. The van der Waals surface area contributed by atoms with Crippen LogP contribution in [0.4, 0.5) is 0 Å². The minimum Gasteiger partial charge on any atom is -0.336 e. The van der Waals surface area contributed by atoms with Gasteiger partial charge in [-0.05, 0) is 39.5 Å². The first-order chi connectivity index (χ1) is 15.2. The lowest BCUT2D eigenvalue weighted by Gasteiger charge is -2.41. The van der Waals surface area contributed by atoms with Gasteiger partial charge in [0, 0.05) is 24.2 Å². The van der Waals surface area contributed by atoms with Gasteiger partial charge in [0.1, 0.15) is 0 Å². The number of nitrogens with zero attached hydrogens (tertiary/aromatic N) is 4. The first-order valence-corrected chi connectivity index (χ1v) is 13.1. The van der Waals surface area contributed by atoms with Crippen LogP contribution in [0.25, 0.3) is 11.4 Å². The zero-order chi connectivity index (χ0) is 21.6. The Balaban J connectivity index is 1.47. The summed E-state index contributed by atoms with van der Waals surface area (Å²) in [6.45, 7) is 5.00. The molecule has 0 spiro atoms. The summed E-state index contributed by atoms with van der Waals surface area (Å²) in [5.74, 6) is 1.64. The fourth-order valence-electron chi connectivity index (χ4n) is 5.22. The molecule has 2 aliphatic carbocycles. The Hall–Kier alpha value is -1.82. The van der Waals surface area contributed by atoms with E-state index in [9.17, 15) is 4.79 Å². The SMILES string of the molecule is CCn1c(SCC(=O)N(C2CCCCC2)C2CCCCC2)nnc1-c1ccc(C)cc1. The lowest BCUT2D eigenvalue weighted by Crippen LogP contribution is -2.49. The van der Waals surface area contributed by atoms with Gasteiger partial charge in [-0.25, -0.2) is 0 Å². The van der Waals surface area contributed by atoms with E-state index in [4.69, 9.17) is 0 Å². The average Bonchev–Trinajstić information content (AvgIpc) is 3.23. The lowest BCUT2D eigenvalue weighted by molar-refractivity contribution is -0.135. The van der Waals surface area contributed by atoms with Crippen LogP contribution in [-0.2, 0) is 11.3 Å². The molecule has 31 heavy (non-hydrogen) atoms. The number of rotatable bonds is 7. The fraction of sp³-hybridized carbons (Fsp3) is 0.640. The van der Waals surface area contributed by atoms with Gasteiger partial charge in [-0.15, -0.1) is 10.2 Å². The van der Waals surface area contributed by atoms with Gasteiger partial charge in [-0.3, -0.25) is 4.79 Å². The van der Waals surface area contributed by atoms with Crippen molar-refractivity contribution in [3.63, 3.8) is 0 Å². The molecule has 2 aromatic rings. The van der Waals surface area contributed by atoms with Gasteiger partial charge in [0.05, 0.1) is 5.75 Å². The van der Waals surface area contributed by atoms with E-state index in [1.807, 2.05) is 0 Å². The molecule has 0 bridgehead atoms. The molecule has 1 heterocycles. The summed E-state index contributed by atoms with van der Waals surface area (Å²) < 4.78 is 2.13. The topological polar surface area (TPSA) is 51.0 Å². The van der Waals surface area contributed by atoms with Crippen LogP contribution in [0.5, 0.6) is 0 Å². The largest absolute Gasteiger partial charge is 0.336 e. The number of thioether (sulfide) groups is 1. The Morgan fingerprint density at radius 2 is 1.55 bits per heavy atom. The maximum atomic E-state index is 13.5. The highest BCUT2D eigenvalue weighted by atomic mass is 32.2. The monoisotopic (exact) mass is 440 g/mol. The van der Waals surface area contributed by atoms with Crippen LogP contribution in [0, 0.1) is 6.92 Å². The molecule has 0 radical (unpaired) electrons. The van der Waals surface area contributed by atoms with Gasteiger partial charge in [-0.2, -0.15) is 0 Å². The molecule has 0 aliphatic heterocycles. The van der Waals surface area contributed by atoms with Gasteiger partial charge in [0.25, 0.3) is 0 Å². The van der Waals surface area contributed by atoms with Gasteiger partial charge in [-0.1, -0.05) is 80.1 Å². The number of aromatic nitrogens is 3. The molecular weight excluding hydrogens is 404 g/mol. The molecule has 1 aromatic heterocycles. The molecule has 0 atom stereocenters. The van der Waals surface area contributed by atoms with Gasteiger partial charge < -0.3 is 9.47 Å². The molecular formula is C25H36N4OS. The molecule has 0 unspecified atom stereocenters.